The molecule has 0 atom stereocenters. The first kappa shape index (κ1) is 13.9. The van der Waals surface area contributed by atoms with Crippen molar-refractivity contribution in [2.45, 2.75) is 6.92 Å². The van der Waals surface area contributed by atoms with Gasteiger partial charge in [-0.2, -0.15) is 0 Å². The highest BCUT2D eigenvalue weighted by Gasteiger charge is 2.06. The third kappa shape index (κ3) is 3.02. The SMILES string of the molecule is CC(=O)c1cccc(Nc2ncnc3ccc(I)cc23)c1. The molecule has 3 aromatic rings. The minimum atomic E-state index is 0.0424. The fourth-order valence-corrected chi connectivity index (χ4v) is 2.57. The zero-order valence-corrected chi connectivity index (χ0v) is 13.5. The number of hydrogen-bond acceptors (Lipinski definition) is 4. The van der Waals surface area contributed by atoms with Gasteiger partial charge >= 0.3 is 0 Å². The summed E-state index contributed by atoms with van der Waals surface area (Å²) in [6.07, 6.45) is 1.53. The summed E-state index contributed by atoms with van der Waals surface area (Å²) in [5.41, 5.74) is 2.39. The number of rotatable bonds is 3. The molecule has 0 saturated carbocycles. The highest BCUT2D eigenvalue weighted by atomic mass is 127. The second-order valence-electron chi connectivity index (χ2n) is 4.65. The van der Waals surface area contributed by atoms with Gasteiger partial charge in [-0.05, 0) is 59.8 Å². The highest BCUT2D eigenvalue weighted by molar-refractivity contribution is 14.1. The number of nitrogens with one attached hydrogen (secondary N) is 1. The maximum absolute atomic E-state index is 11.5. The predicted octanol–water partition coefficient (Wildman–Crippen LogP) is 4.18. The van der Waals surface area contributed by atoms with E-state index in [-0.39, 0.29) is 5.78 Å². The minimum absolute atomic E-state index is 0.0424. The number of nitrogens with zero attached hydrogens (tertiary/aromatic N) is 2. The van der Waals surface area contributed by atoms with Gasteiger partial charge in [0.05, 0.1) is 5.52 Å². The number of halogens is 1. The number of benzene rings is 2. The molecule has 0 radical (unpaired) electrons. The maximum Gasteiger partial charge on any atom is 0.159 e. The first-order valence-electron chi connectivity index (χ1n) is 6.42. The third-order valence-corrected chi connectivity index (χ3v) is 3.80. The van der Waals surface area contributed by atoms with Crippen LogP contribution in [-0.2, 0) is 0 Å². The van der Waals surface area contributed by atoms with Gasteiger partial charge in [-0.15, -0.1) is 0 Å². The summed E-state index contributed by atoms with van der Waals surface area (Å²) >= 11 is 2.26. The number of anilines is 2. The van der Waals surface area contributed by atoms with Crippen LogP contribution >= 0.6 is 22.6 Å². The Kier molecular flexibility index (Phi) is 3.83. The van der Waals surface area contributed by atoms with Crippen molar-refractivity contribution in [3.8, 4) is 0 Å². The van der Waals surface area contributed by atoms with Crippen molar-refractivity contribution >= 4 is 50.8 Å². The molecular formula is C16H12IN3O. The van der Waals surface area contributed by atoms with Gasteiger partial charge in [0.25, 0.3) is 0 Å². The Bertz CT molecular complexity index is 833. The Labute approximate surface area is 135 Å². The van der Waals surface area contributed by atoms with Crippen molar-refractivity contribution in [1.82, 2.24) is 9.97 Å². The van der Waals surface area contributed by atoms with Crippen LogP contribution in [0, 0.1) is 3.57 Å². The van der Waals surface area contributed by atoms with E-state index in [0.29, 0.717) is 5.56 Å². The van der Waals surface area contributed by atoms with Gasteiger partial charge in [0.1, 0.15) is 12.1 Å². The van der Waals surface area contributed by atoms with Crippen LogP contribution in [0.25, 0.3) is 10.9 Å². The van der Waals surface area contributed by atoms with Crippen LogP contribution in [0.15, 0.2) is 48.8 Å². The largest absolute Gasteiger partial charge is 0.340 e. The van der Waals surface area contributed by atoms with E-state index in [1.807, 2.05) is 36.4 Å². The summed E-state index contributed by atoms with van der Waals surface area (Å²) in [7, 11) is 0. The number of aromatic nitrogens is 2. The number of fused-ring (bicyclic) bond motifs is 1. The fraction of sp³-hybridized carbons (Fsp3) is 0.0625. The van der Waals surface area contributed by atoms with Gasteiger partial charge in [-0.1, -0.05) is 12.1 Å². The van der Waals surface area contributed by atoms with E-state index in [9.17, 15) is 4.79 Å². The second-order valence-corrected chi connectivity index (χ2v) is 5.89. The van der Waals surface area contributed by atoms with Crippen LogP contribution < -0.4 is 5.32 Å². The van der Waals surface area contributed by atoms with Gasteiger partial charge in [0.2, 0.25) is 0 Å². The lowest BCUT2D eigenvalue weighted by Gasteiger charge is -2.09. The molecule has 2 aromatic carbocycles. The van der Waals surface area contributed by atoms with E-state index in [2.05, 4.69) is 37.9 Å². The normalized spacial score (nSPS) is 10.6. The van der Waals surface area contributed by atoms with Crippen molar-refractivity contribution in [2.24, 2.45) is 0 Å². The molecule has 21 heavy (non-hydrogen) atoms. The Morgan fingerprint density at radius 3 is 2.81 bits per heavy atom. The average Bonchev–Trinajstić information content (AvgIpc) is 2.48. The molecule has 104 valence electrons. The minimum Gasteiger partial charge on any atom is -0.340 e. The van der Waals surface area contributed by atoms with Gasteiger partial charge in [0, 0.05) is 20.2 Å². The molecule has 0 unspecified atom stereocenters. The molecule has 0 amide bonds. The number of hydrogen-bond donors (Lipinski definition) is 1. The maximum atomic E-state index is 11.5. The van der Waals surface area contributed by atoms with Gasteiger partial charge < -0.3 is 5.32 Å². The average molecular weight is 389 g/mol. The molecule has 0 aliphatic rings. The van der Waals surface area contributed by atoms with Gasteiger partial charge in [0.15, 0.2) is 5.78 Å². The lowest BCUT2D eigenvalue weighted by Crippen LogP contribution is -1.98. The summed E-state index contributed by atoms with van der Waals surface area (Å²) < 4.78 is 1.12. The summed E-state index contributed by atoms with van der Waals surface area (Å²) in [4.78, 5) is 20.0. The molecule has 0 saturated heterocycles. The molecule has 0 aliphatic heterocycles. The fourth-order valence-electron chi connectivity index (χ4n) is 2.08. The molecule has 3 rings (SSSR count). The number of carbonyl (C=O) groups is 1. The first-order chi connectivity index (χ1) is 10.1. The highest BCUT2D eigenvalue weighted by Crippen LogP contribution is 2.25. The standard InChI is InChI=1S/C16H12IN3O/c1-10(21)11-3-2-4-13(7-11)20-16-14-8-12(17)5-6-15(14)18-9-19-16/h2-9H,1H3,(H,18,19,20). The molecule has 0 bridgehead atoms. The number of carbonyl (C=O) groups excluding carboxylic acids is 1. The Balaban J connectivity index is 2.04. The summed E-state index contributed by atoms with van der Waals surface area (Å²) in [6.45, 7) is 1.56. The Morgan fingerprint density at radius 1 is 1.14 bits per heavy atom. The summed E-state index contributed by atoms with van der Waals surface area (Å²) in [6, 6.07) is 13.4. The molecule has 4 nitrogen and oxygen atoms in total. The zero-order chi connectivity index (χ0) is 14.8. The van der Waals surface area contributed by atoms with Gasteiger partial charge in [-0.3, -0.25) is 4.79 Å². The van der Waals surface area contributed by atoms with Crippen LogP contribution in [0.4, 0.5) is 11.5 Å². The number of Topliss-reactive ketones (excluding diaryl/α,β-unsaturated/α-hetero) is 1. The van der Waals surface area contributed by atoms with Crippen molar-refractivity contribution in [2.75, 3.05) is 5.32 Å². The monoisotopic (exact) mass is 389 g/mol. The van der Waals surface area contributed by atoms with E-state index in [4.69, 9.17) is 0 Å². The van der Waals surface area contributed by atoms with Crippen molar-refractivity contribution in [1.29, 1.82) is 0 Å². The zero-order valence-electron chi connectivity index (χ0n) is 11.3. The smallest absolute Gasteiger partial charge is 0.159 e. The van der Waals surface area contributed by atoms with E-state index in [1.165, 1.54) is 6.33 Å². The molecule has 0 aliphatic carbocycles. The predicted molar refractivity (Wildman–Crippen MR) is 92.0 cm³/mol. The summed E-state index contributed by atoms with van der Waals surface area (Å²) in [5.74, 6) is 0.778. The van der Waals surface area contributed by atoms with Gasteiger partial charge in [-0.25, -0.2) is 9.97 Å². The molecule has 1 N–H and O–H groups in total. The quantitative estimate of drug-likeness (QED) is 0.540. The van der Waals surface area contributed by atoms with E-state index < -0.39 is 0 Å². The third-order valence-electron chi connectivity index (χ3n) is 3.13. The van der Waals surface area contributed by atoms with Crippen LogP contribution in [0.1, 0.15) is 17.3 Å². The molecule has 0 spiro atoms. The Hall–Kier alpha value is -2.02. The lowest BCUT2D eigenvalue weighted by molar-refractivity contribution is 0.101. The van der Waals surface area contributed by atoms with E-state index >= 15 is 0 Å². The van der Waals surface area contributed by atoms with Crippen molar-refractivity contribution in [3.63, 3.8) is 0 Å². The van der Waals surface area contributed by atoms with Crippen LogP contribution in [-0.4, -0.2) is 15.8 Å². The van der Waals surface area contributed by atoms with Crippen LogP contribution in [0.2, 0.25) is 0 Å². The molecular weight excluding hydrogens is 377 g/mol. The molecule has 1 heterocycles. The summed E-state index contributed by atoms with van der Waals surface area (Å²) in [5, 5.41) is 4.22. The molecule has 5 heteroatoms. The molecule has 0 fully saturated rings. The first-order valence-corrected chi connectivity index (χ1v) is 7.49. The lowest BCUT2D eigenvalue weighted by atomic mass is 10.1. The Morgan fingerprint density at radius 2 is 2.00 bits per heavy atom. The number of ketones is 1. The van der Waals surface area contributed by atoms with Crippen LogP contribution in [0.5, 0.6) is 0 Å². The van der Waals surface area contributed by atoms with Crippen LogP contribution in [0.3, 0.4) is 0 Å². The van der Waals surface area contributed by atoms with Crippen molar-refractivity contribution in [3.05, 3.63) is 57.9 Å². The van der Waals surface area contributed by atoms with E-state index in [0.717, 1.165) is 26.0 Å². The molecule has 1 aromatic heterocycles. The van der Waals surface area contributed by atoms with Crippen molar-refractivity contribution < 1.29 is 4.79 Å². The topological polar surface area (TPSA) is 54.9 Å². The van der Waals surface area contributed by atoms with E-state index in [1.54, 1.807) is 13.0 Å². The second kappa shape index (κ2) is 5.77.